The van der Waals surface area contributed by atoms with Gasteiger partial charge in [-0.25, -0.2) is 0 Å². The van der Waals surface area contributed by atoms with Crippen LogP contribution in [0.5, 0.6) is 0 Å². The van der Waals surface area contributed by atoms with E-state index in [0.29, 0.717) is 0 Å². The zero-order valence-electron chi connectivity index (χ0n) is 9.72. The van der Waals surface area contributed by atoms with E-state index in [0.717, 1.165) is 0 Å². The third-order valence-corrected chi connectivity index (χ3v) is 1.91. The largest absolute Gasteiger partial charge is 0.389 e. The van der Waals surface area contributed by atoms with Crippen molar-refractivity contribution >= 4 is 5.91 Å². The third-order valence-electron chi connectivity index (χ3n) is 1.91. The number of nitrogens with two attached hydrogens (primary N) is 1. The van der Waals surface area contributed by atoms with Gasteiger partial charge in [0.15, 0.2) is 0 Å². The Bertz CT molecular complexity index is 201. The molecule has 0 heterocycles. The first-order chi connectivity index (χ1) is 6.04. The van der Waals surface area contributed by atoms with Crippen LogP contribution in [0.2, 0.25) is 0 Å². The first kappa shape index (κ1) is 13.4. The molecule has 84 valence electrons. The zero-order valence-corrected chi connectivity index (χ0v) is 9.72. The smallest absolute Gasteiger partial charge is 0.237 e. The second-order valence-corrected chi connectivity index (χ2v) is 5.37. The van der Waals surface area contributed by atoms with Gasteiger partial charge in [-0.15, -0.1) is 0 Å². The van der Waals surface area contributed by atoms with E-state index in [-0.39, 0.29) is 17.9 Å². The van der Waals surface area contributed by atoms with E-state index in [1.54, 1.807) is 13.8 Å². The standard InChI is InChI=1S/C10H22N2O2/c1-9(2,3)7(11)8(13)12-6-10(4,5)14/h7,14H,6,11H2,1-5H3,(H,12,13)/t7-/m1/s1. The number of carbonyl (C=O) groups is 1. The van der Waals surface area contributed by atoms with Gasteiger partial charge < -0.3 is 16.2 Å². The highest BCUT2D eigenvalue weighted by atomic mass is 16.3. The number of amides is 1. The van der Waals surface area contributed by atoms with Crippen molar-refractivity contribution in [2.24, 2.45) is 11.1 Å². The highest BCUT2D eigenvalue weighted by molar-refractivity contribution is 5.82. The summed E-state index contributed by atoms with van der Waals surface area (Å²) in [5.41, 5.74) is 4.57. The predicted octanol–water partition coefficient (Wildman–Crippen LogP) is 0.247. The molecule has 0 saturated heterocycles. The summed E-state index contributed by atoms with van der Waals surface area (Å²) in [6.45, 7) is 9.20. The molecule has 14 heavy (non-hydrogen) atoms. The molecule has 0 aliphatic heterocycles. The summed E-state index contributed by atoms with van der Waals surface area (Å²) < 4.78 is 0. The van der Waals surface area contributed by atoms with Gasteiger partial charge in [-0.05, 0) is 19.3 Å². The van der Waals surface area contributed by atoms with Crippen molar-refractivity contribution in [3.8, 4) is 0 Å². The minimum absolute atomic E-state index is 0.218. The molecule has 0 rings (SSSR count). The summed E-state index contributed by atoms with van der Waals surface area (Å²) in [5.74, 6) is -0.223. The fourth-order valence-electron chi connectivity index (χ4n) is 0.807. The van der Waals surface area contributed by atoms with Crippen LogP contribution in [-0.4, -0.2) is 29.2 Å². The molecule has 0 aromatic rings. The maximum atomic E-state index is 11.5. The van der Waals surface area contributed by atoms with Crippen molar-refractivity contribution < 1.29 is 9.90 Å². The van der Waals surface area contributed by atoms with Crippen molar-refractivity contribution in [2.45, 2.75) is 46.3 Å². The third kappa shape index (κ3) is 5.19. The van der Waals surface area contributed by atoms with Crippen LogP contribution in [-0.2, 0) is 4.79 Å². The fraction of sp³-hybridized carbons (Fsp3) is 0.900. The Hall–Kier alpha value is -0.610. The minimum atomic E-state index is -0.896. The van der Waals surface area contributed by atoms with E-state index in [1.807, 2.05) is 20.8 Å². The average molecular weight is 202 g/mol. The molecule has 4 heteroatoms. The first-order valence-corrected chi connectivity index (χ1v) is 4.80. The molecule has 0 aliphatic carbocycles. The molecule has 0 unspecified atom stereocenters. The second-order valence-electron chi connectivity index (χ2n) is 5.37. The van der Waals surface area contributed by atoms with Crippen LogP contribution >= 0.6 is 0 Å². The van der Waals surface area contributed by atoms with Gasteiger partial charge in [0.05, 0.1) is 11.6 Å². The van der Waals surface area contributed by atoms with Gasteiger partial charge >= 0.3 is 0 Å². The number of carbonyl (C=O) groups excluding carboxylic acids is 1. The lowest BCUT2D eigenvalue weighted by molar-refractivity contribution is -0.125. The van der Waals surface area contributed by atoms with Crippen LogP contribution < -0.4 is 11.1 Å². The van der Waals surface area contributed by atoms with Crippen LogP contribution in [0.1, 0.15) is 34.6 Å². The van der Waals surface area contributed by atoms with Gasteiger partial charge in [0.25, 0.3) is 0 Å². The Morgan fingerprint density at radius 2 is 1.79 bits per heavy atom. The molecule has 0 aliphatic rings. The topological polar surface area (TPSA) is 75.3 Å². The normalized spacial score (nSPS) is 15.1. The fourth-order valence-corrected chi connectivity index (χ4v) is 0.807. The second kappa shape index (κ2) is 4.28. The zero-order chi connectivity index (χ0) is 11.6. The van der Waals surface area contributed by atoms with Gasteiger partial charge in [0, 0.05) is 6.54 Å². The summed E-state index contributed by atoms with van der Waals surface area (Å²) in [4.78, 5) is 11.5. The first-order valence-electron chi connectivity index (χ1n) is 4.80. The van der Waals surface area contributed by atoms with Gasteiger partial charge in [0.1, 0.15) is 0 Å². The van der Waals surface area contributed by atoms with Crippen molar-refractivity contribution in [1.82, 2.24) is 5.32 Å². The molecule has 0 aromatic carbocycles. The molecule has 0 saturated carbocycles. The summed E-state index contributed by atoms with van der Waals surface area (Å²) in [5, 5.41) is 12.0. The molecular formula is C10H22N2O2. The molecule has 0 spiro atoms. The SMILES string of the molecule is CC(C)(O)CNC(=O)[C@@H](N)C(C)(C)C. The van der Waals surface area contributed by atoms with Gasteiger partial charge in [-0.3, -0.25) is 4.79 Å². The number of nitrogens with one attached hydrogen (secondary N) is 1. The van der Waals surface area contributed by atoms with Crippen LogP contribution in [0.4, 0.5) is 0 Å². The summed E-state index contributed by atoms with van der Waals surface area (Å²) in [6.07, 6.45) is 0. The molecule has 0 aromatic heterocycles. The number of hydrogen-bond acceptors (Lipinski definition) is 3. The van der Waals surface area contributed by atoms with E-state index < -0.39 is 11.6 Å². The Morgan fingerprint density at radius 3 is 2.07 bits per heavy atom. The molecular weight excluding hydrogens is 180 g/mol. The number of hydrogen-bond donors (Lipinski definition) is 3. The quantitative estimate of drug-likeness (QED) is 0.614. The van der Waals surface area contributed by atoms with Crippen LogP contribution in [0.15, 0.2) is 0 Å². The molecule has 0 radical (unpaired) electrons. The molecule has 1 atom stereocenters. The minimum Gasteiger partial charge on any atom is -0.389 e. The lowest BCUT2D eigenvalue weighted by atomic mass is 9.87. The van der Waals surface area contributed by atoms with Gasteiger partial charge in [-0.1, -0.05) is 20.8 Å². The highest BCUT2D eigenvalue weighted by Crippen LogP contribution is 2.17. The molecule has 4 nitrogen and oxygen atoms in total. The van der Waals surface area contributed by atoms with Crippen molar-refractivity contribution in [1.29, 1.82) is 0 Å². The van der Waals surface area contributed by atoms with Crippen molar-refractivity contribution in [3.05, 3.63) is 0 Å². The van der Waals surface area contributed by atoms with Crippen LogP contribution in [0.25, 0.3) is 0 Å². The number of aliphatic hydroxyl groups is 1. The van der Waals surface area contributed by atoms with E-state index in [2.05, 4.69) is 5.32 Å². The van der Waals surface area contributed by atoms with Crippen LogP contribution in [0, 0.1) is 5.41 Å². The highest BCUT2D eigenvalue weighted by Gasteiger charge is 2.28. The molecule has 1 amide bonds. The van der Waals surface area contributed by atoms with Crippen LogP contribution in [0.3, 0.4) is 0 Å². The van der Waals surface area contributed by atoms with Crippen molar-refractivity contribution in [2.75, 3.05) is 6.54 Å². The maximum absolute atomic E-state index is 11.5. The predicted molar refractivity (Wildman–Crippen MR) is 56.7 cm³/mol. The molecule has 0 fully saturated rings. The lowest BCUT2D eigenvalue weighted by Gasteiger charge is -2.27. The van der Waals surface area contributed by atoms with E-state index in [9.17, 15) is 9.90 Å². The Labute approximate surface area is 85.9 Å². The van der Waals surface area contributed by atoms with Crippen molar-refractivity contribution in [3.63, 3.8) is 0 Å². The maximum Gasteiger partial charge on any atom is 0.237 e. The molecule has 4 N–H and O–H groups in total. The Balaban J connectivity index is 4.11. The Kier molecular flexibility index (Phi) is 4.09. The van der Waals surface area contributed by atoms with Gasteiger partial charge in [-0.2, -0.15) is 0 Å². The summed E-state index contributed by atoms with van der Waals surface area (Å²) in [6, 6.07) is -0.551. The summed E-state index contributed by atoms with van der Waals surface area (Å²) in [7, 11) is 0. The Morgan fingerprint density at radius 1 is 1.36 bits per heavy atom. The lowest BCUT2D eigenvalue weighted by Crippen LogP contribution is -2.51. The van der Waals surface area contributed by atoms with E-state index >= 15 is 0 Å². The van der Waals surface area contributed by atoms with E-state index in [4.69, 9.17) is 5.73 Å². The molecule has 0 bridgehead atoms. The number of rotatable bonds is 3. The van der Waals surface area contributed by atoms with E-state index in [1.165, 1.54) is 0 Å². The summed E-state index contributed by atoms with van der Waals surface area (Å²) >= 11 is 0. The van der Waals surface area contributed by atoms with Gasteiger partial charge in [0.2, 0.25) is 5.91 Å². The monoisotopic (exact) mass is 202 g/mol. The average Bonchev–Trinajstić information content (AvgIpc) is 1.95.